The van der Waals surface area contributed by atoms with Gasteiger partial charge in [0.2, 0.25) is 0 Å². The number of carbonyl (C=O) groups is 1. The van der Waals surface area contributed by atoms with Crippen LogP contribution in [0, 0.1) is 16.0 Å². The molecular weight excluding hydrogens is 252 g/mol. The molecule has 1 aromatic rings. The Kier molecular flexibility index (Phi) is 3.94. The Morgan fingerprint density at radius 2 is 2.26 bits per heavy atom. The van der Waals surface area contributed by atoms with Crippen LogP contribution < -0.4 is 4.74 Å². The van der Waals surface area contributed by atoms with E-state index in [1.165, 1.54) is 32.1 Å². The molecule has 2 rings (SSSR count). The van der Waals surface area contributed by atoms with Gasteiger partial charge < -0.3 is 9.47 Å². The number of hydrogen-bond acceptors (Lipinski definition) is 6. The van der Waals surface area contributed by atoms with Crippen LogP contribution in [0.15, 0.2) is 12.1 Å². The molecule has 0 aromatic carbocycles. The Morgan fingerprint density at radius 1 is 1.53 bits per heavy atom. The third kappa shape index (κ3) is 3.40. The highest BCUT2D eigenvalue weighted by atomic mass is 16.6. The molecule has 0 atom stereocenters. The molecule has 0 saturated heterocycles. The molecule has 0 radical (unpaired) electrons. The maximum atomic E-state index is 11.3. The largest absolute Gasteiger partial charge is 0.473 e. The van der Waals surface area contributed by atoms with Gasteiger partial charge in [-0.15, -0.1) is 0 Å². The molecule has 0 N–H and O–H groups in total. The van der Waals surface area contributed by atoms with Gasteiger partial charge in [0, 0.05) is 6.07 Å². The van der Waals surface area contributed by atoms with E-state index in [9.17, 15) is 14.9 Å². The van der Waals surface area contributed by atoms with Gasteiger partial charge in [-0.3, -0.25) is 10.1 Å². The number of rotatable bonds is 6. The van der Waals surface area contributed by atoms with Crippen LogP contribution >= 0.6 is 0 Å². The molecule has 19 heavy (non-hydrogen) atoms. The Labute approximate surface area is 109 Å². The minimum atomic E-state index is -0.651. The molecule has 0 bridgehead atoms. The van der Waals surface area contributed by atoms with Crippen LogP contribution in [0.4, 0.5) is 5.69 Å². The summed E-state index contributed by atoms with van der Waals surface area (Å²) in [4.78, 5) is 25.4. The molecular formula is C12H14N2O5. The summed E-state index contributed by atoms with van der Waals surface area (Å²) < 4.78 is 9.84. The van der Waals surface area contributed by atoms with E-state index in [-0.39, 0.29) is 17.3 Å². The zero-order chi connectivity index (χ0) is 13.8. The van der Waals surface area contributed by atoms with Crippen molar-refractivity contribution in [2.24, 2.45) is 5.92 Å². The molecule has 0 spiro atoms. The maximum Gasteiger partial charge on any atom is 0.356 e. The third-order valence-electron chi connectivity index (χ3n) is 2.89. The van der Waals surface area contributed by atoms with E-state index in [0.29, 0.717) is 12.5 Å². The van der Waals surface area contributed by atoms with Gasteiger partial charge in [0.1, 0.15) is 0 Å². The fourth-order valence-corrected chi connectivity index (χ4v) is 1.63. The van der Waals surface area contributed by atoms with E-state index >= 15 is 0 Å². The number of nitro groups is 1. The van der Waals surface area contributed by atoms with Crippen molar-refractivity contribution in [1.29, 1.82) is 0 Å². The molecule has 1 fully saturated rings. The minimum Gasteiger partial charge on any atom is -0.473 e. The lowest BCUT2D eigenvalue weighted by Crippen LogP contribution is -2.08. The topological polar surface area (TPSA) is 91.6 Å². The Balaban J connectivity index is 2.14. The van der Waals surface area contributed by atoms with Gasteiger partial charge >= 0.3 is 11.7 Å². The van der Waals surface area contributed by atoms with Crippen molar-refractivity contribution in [3.05, 3.63) is 27.9 Å². The van der Waals surface area contributed by atoms with E-state index in [4.69, 9.17) is 4.74 Å². The summed E-state index contributed by atoms with van der Waals surface area (Å²) in [6.07, 6.45) is 3.21. The minimum absolute atomic E-state index is 0.00507. The number of aromatic nitrogens is 1. The molecule has 1 saturated carbocycles. The lowest BCUT2D eigenvalue weighted by molar-refractivity contribution is -0.386. The quantitative estimate of drug-likeness (QED) is 0.444. The summed E-state index contributed by atoms with van der Waals surface area (Å²) in [6, 6.07) is 2.45. The summed E-state index contributed by atoms with van der Waals surface area (Å²) in [5.41, 5.74) is -0.252. The first kappa shape index (κ1) is 13.3. The highest BCUT2D eigenvalue weighted by molar-refractivity contribution is 5.87. The van der Waals surface area contributed by atoms with E-state index in [1.807, 2.05) is 0 Å². The van der Waals surface area contributed by atoms with Crippen molar-refractivity contribution in [2.45, 2.75) is 19.3 Å². The molecule has 1 heterocycles. The van der Waals surface area contributed by atoms with Crippen LogP contribution in [0.1, 0.15) is 29.8 Å². The first-order valence-corrected chi connectivity index (χ1v) is 5.98. The number of hydrogen-bond donors (Lipinski definition) is 0. The first-order chi connectivity index (χ1) is 9.11. The van der Waals surface area contributed by atoms with Crippen LogP contribution in [-0.2, 0) is 4.74 Å². The van der Waals surface area contributed by atoms with Gasteiger partial charge in [0.15, 0.2) is 5.69 Å². The predicted octanol–water partition coefficient (Wildman–Crippen LogP) is 1.96. The normalized spacial score (nSPS) is 13.9. The summed E-state index contributed by atoms with van der Waals surface area (Å²) in [5, 5.41) is 10.9. The number of methoxy groups -OCH3 is 1. The zero-order valence-electron chi connectivity index (χ0n) is 10.5. The van der Waals surface area contributed by atoms with Crippen molar-refractivity contribution in [1.82, 2.24) is 4.98 Å². The second-order valence-electron chi connectivity index (χ2n) is 4.35. The molecule has 102 valence electrons. The molecule has 1 aromatic heterocycles. The predicted molar refractivity (Wildman–Crippen MR) is 65.1 cm³/mol. The van der Waals surface area contributed by atoms with Gasteiger partial charge in [-0.05, 0) is 18.4 Å². The SMILES string of the molecule is COC(=O)c1ccc([N+](=O)[O-])c(OCCC2CC2)n1. The first-order valence-electron chi connectivity index (χ1n) is 5.98. The highest BCUT2D eigenvalue weighted by Crippen LogP contribution is 2.33. The van der Waals surface area contributed by atoms with Crippen LogP contribution in [0.5, 0.6) is 5.88 Å². The van der Waals surface area contributed by atoms with Crippen LogP contribution in [0.25, 0.3) is 0 Å². The molecule has 7 heteroatoms. The summed E-state index contributed by atoms with van der Waals surface area (Å²) >= 11 is 0. The van der Waals surface area contributed by atoms with Crippen molar-refractivity contribution >= 4 is 11.7 Å². The summed E-state index contributed by atoms with van der Waals surface area (Å²) in [7, 11) is 1.22. The van der Waals surface area contributed by atoms with E-state index in [1.54, 1.807) is 0 Å². The van der Waals surface area contributed by atoms with Gasteiger partial charge in [0.25, 0.3) is 5.88 Å². The second-order valence-corrected chi connectivity index (χ2v) is 4.35. The highest BCUT2D eigenvalue weighted by Gasteiger charge is 2.23. The maximum absolute atomic E-state index is 11.3. The van der Waals surface area contributed by atoms with E-state index < -0.39 is 10.9 Å². The lowest BCUT2D eigenvalue weighted by atomic mass is 10.3. The van der Waals surface area contributed by atoms with Crippen LogP contribution in [0.2, 0.25) is 0 Å². The zero-order valence-corrected chi connectivity index (χ0v) is 10.5. The van der Waals surface area contributed by atoms with Crippen LogP contribution in [0.3, 0.4) is 0 Å². The third-order valence-corrected chi connectivity index (χ3v) is 2.89. The summed E-state index contributed by atoms with van der Waals surface area (Å²) in [6.45, 7) is 0.364. The van der Waals surface area contributed by atoms with E-state index in [0.717, 1.165) is 6.42 Å². The Hall–Kier alpha value is -2.18. The number of nitrogens with zero attached hydrogens (tertiary/aromatic N) is 2. The number of pyridine rings is 1. The lowest BCUT2D eigenvalue weighted by Gasteiger charge is -2.06. The van der Waals surface area contributed by atoms with Crippen molar-refractivity contribution in [2.75, 3.05) is 13.7 Å². The molecule has 1 aliphatic rings. The van der Waals surface area contributed by atoms with Crippen LogP contribution in [-0.4, -0.2) is 29.6 Å². The fourth-order valence-electron chi connectivity index (χ4n) is 1.63. The smallest absolute Gasteiger partial charge is 0.356 e. The standard InChI is InChI=1S/C12H14N2O5/c1-18-12(15)9-4-5-10(14(16)17)11(13-9)19-7-6-8-2-3-8/h4-5,8H,2-3,6-7H2,1H3. The van der Waals surface area contributed by atoms with E-state index in [2.05, 4.69) is 9.72 Å². The van der Waals surface area contributed by atoms with Crippen molar-refractivity contribution in [3.8, 4) is 5.88 Å². The monoisotopic (exact) mass is 266 g/mol. The van der Waals surface area contributed by atoms with Gasteiger partial charge in [-0.25, -0.2) is 9.78 Å². The Morgan fingerprint density at radius 3 is 2.84 bits per heavy atom. The number of esters is 1. The van der Waals surface area contributed by atoms with Gasteiger partial charge in [0.05, 0.1) is 18.6 Å². The molecule has 0 amide bonds. The Bertz CT molecular complexity index is 499. The van der Waals surface area contributed by atoms with Crippen molar-refractivity contribution < 1.29 is 19.2 Å². The number of ether oxygens (including phenoxy) is 2. The molecule has 0 unspecified atom stereocenters. The molecule has 1 aliphatic carbocycles. The molecule has 0 aliphatic heterocycles. The fraction of sp³-hybridized carbons (Fsp3) is 0.500. The average Bonchev–Trinajstić information content (AvgIpc) is 3.21. The van der Waals surface area contributed by atoms with Gasteiger partial charge in [-0.1, -0.05) is 12.8 Å². The number of carbonyl (C=O) groups excluding carboxylic acids is 1. The van der Waals surface area contributed by atoms with Gasteiger partial charge in [-0.2, -0.15) is 0 Å². The second kappa shape index (κ2) is 5.64. The van der Waals surface area contributed by atoms with Crippen molar-refractivity contribution in [3.63, 3.8) is 0 Å². The molecule has 7 nitrogen and oxygen atoms in total. The average molecular weight is 266 g/mol. The summed E-state index contributed by atoms with van der Waals surface area (Å²) in [5.74, 6) is -0.127.